The van der Waals surface area contributed by atoms with Crippen LogP contribution in [0.3, 0.4) is 0 Å². The molecule has 0 fully saturated rings. The van der Waals surface area contributed by atoms with Crippen LogP contribution in [0.1, 0.15) is 13.8 Å². The number of aromatic nitrogens is 2. The summed E-state index contributed by atoms with van der Waals surface area (Å²) in [6, 6.07) is 1.65. The van der Waals surface area contributed by atoms with E-state index in [2.05, 4.69) is 25.9 Å². The molecule has 4 N–H and O–H groups in total. The summed E-state index contributed by atoms with van der Waals surface area (Å²) in [5.74, 6) is 0.295. The molecule has 0 bridgehead atoms. The van der Waals surface area contributed by atoms with Crippen molar-refractivity contribution >= 4 is 33.6 Å². The van der Waals surface area contributed by atoms with Crippen LogP contribution >= 0.6 is 15.9 Å². The van der Waals surface area contributed by atoms with E-state index in [-0.39, 0.29) is 12.6 Å². The zero-order valence-corrected chi connectivity index (χ0v) is 10.7. The Balaban J connectivity index is 3.05. The number of primary amides is 1. The molecule has 1 rings (SSSR count). The first-order valence-corrected chi connectivity index (χ1v) is 5.54. The minimum atomic E-state index is -0.434. The van der Waals surface area contributed by atoms with Gasteiger partial charge in [-0.05, 0) is 29.8 Å². The van der Waals surface area contributed by atoms with Crippen molar-refractivity contribution < 1.29 is 4.79 Å². The van der Waals surface area contributed by atoms with Crippen molar-refractivity contribution in [1.82, 2.24) is 9.97 Å². The molecule has 16 heavy (non-hydrogen) atoms. The predicted octanol–water partition coefficient (Wildman–Crippen LogP) is 0.521. The molecule has 0 aliphatic heterocycles. The molecule has 0 spiro atoms. The average Bonchev–Trinajstić information content (AvgIpc) is 2.11. The van der Waals surface area contributed by atoms with Gasteiger partial charge in [-0.15, -0.1) is 0 Å². The van der Waals surface area contributed by atoms with Crippen LogP contribution in [0.2, 0.25) is 0 Å². The summed E-state index contributed by atoms with van der Waals surface area (Å²) < 4.78 is 0.574. The molecule has 1 aromatic rings. The SMILES string of the molecule is CC(C)N(CC(N)=O)c1nc(N)cc(Br)n1. The summed E-state index contributed by atoms with van der Waals surface area (Å²) in [7, 11) is 0. The van der Waals surface area contributed by atoms with Crippen LogP contribution in [0.25, 0.3) is 0 Å². The second kappa shape index (κ2) is 5.11. The Hall–Kier alpha value is -1.37. The molecule has 0 aliphatic carbocycles. The van der Waals surface area contributed by atoms with Crippen LogP contribution in [0.15, 0.2) is 10.7 Å². The van der Waals surface area contributed by atoms with Crippen molar-refractivity contribution in [2.75, 3.05) is 17.2 Å². The van der Waals surface area contributed by atoms with Gasteiger partial charge < -0.3 is 16.4 Å². The smallest absolute Gasteiger partial charge is 0.237 e. The zero-order valence-electron chi connectivity index (χ0n) is 9.14. The second-order valence-corrected chi connectivity index (χ2v) is 4.42. The predicted molar refractivity (Wildman–Crippen MR) is 65.8 cm³/mol. The van der Waals surface area contributed by atoms with Crippen molar-refractivity contribution in [3.63, 3.8) is 0 Å². The summed E-state index contributed by atoms with van der Waals surface area (Å²) in [6.45, 7) is 3.90. The van der Waals surface area contributed by atoms with Gasteiger partial charge in [0.05, 0.1) is 6.54 Å². The van der Waals surface area contributed by atoms with Crippen LogP contribution in [-0.4, -0.2) is 28.5 Å². The van der Waals surface area contributed by atoms with E-state index in [0.29, 0.717) is 16.4 Å². The van der Waals surface area contributed by atoms with Crippen molar-refractivity contribution in [2.24, 2.45) is 5.73 Å². The molecular formula is C9H14BrN5O. The summed E-state index contributed by atoms with van der Waals surface area (Å²) in [4.78, 5) is 20.8. The van der Waals surface area contributed by atoms with E-state index >= 15 is 0 Å². The Morgan fingerprint density at radius 1 is 1.56 bits per heavy atom. The van der Waals surface area contributed by atoms with E-state index in [4.69, 9.17) is 11.5 Å². The first-order valence-electron chi connectivity index (χ1n) is 4.75. The number of hydrogen-bond acceptors (Lipinski definition) is 5. The van der Waals surface area contributed by atoms with E-state index in [1.165, 1.54) is 0 Å². The highest BCUT2D eigenvalue weighted by molar-refractivity contribution is 9.10. The molecular weight excluding hydrogens is 274 g/mol. The lowest BCUT2D eigenvalue weighted by molar-refractivity contribution is -0.116. The number of hydrogen-bond donors (Lipinski definition) is 2. The molecule has 88 valence electrons. The van der Waals surface area contributed by atoms with Gasteiger partial charge in [0, 0.05) is 12.1 Å². The van der Waals surface area contributed by atoms with Gasteiger partial charge >= 0.3 is 0 Å². The summed E-state index contributed by atoms with van der Waals surface area (Å²) in [5, 5.41) is 0. The Bertz CT molecular complexity index is 375. The number of anilines is 2. The van der Waals surface area contributed by atoms with Gasteiger partial charge in [-0.25, -0.2) is 4.98 Å². The van der Waals surface area contributed by atoms with E-state index < -0.39 is 5.91 Å². The lowest BCUT2D eigenvalue weighted by Gasteiger charge is -2.25. The Kier molecular flexibility index (Phi) is 4.05. The first-order chi connectivity index (χ1) is 7.40. The fraction of sp³-hybridized carbons (Fsp3) is 0.444. The van der Waals surface area contributed by atoms with Crippen LogP contribution in [0.4, 0.5) is 11.8 Å². The van der Waals surface area contributed by atoms with Crippen molar-refractivity contribution in [1.29, 1.82) is 0 Å². The van der Waals surface area contributed by atoms with Gasteiger partial charge in [0.1, 0.15) is 10.4 Å². The summed E-state index contributed by atoms with van der Waals surface area (Å²) in [6.07, 6.45) is 0. The second-order valence-electron chi connectivity index (χ2n) is 3.60. The largest absolute Gasteiger partial charge is 0.383 e. The third-order valence-corrected chi connectivity index (χ3v) is 2.32. The number of rotatable bonds is 4. The van der Waals surface area contributed by atoms with Crippen molar-refractivity contribution in [2.45, 2.75) is 19.9 Å². The maximum Gasteiger partial charge on any atom is 0.237 e. The zero-order chi connectivity index (χ0) is 12.3. The van der Waals surface area contributed by atoms with Gasteiger partial charge in [0.25, 0.3) is 0 Å². The highest BCUT2D eigenvalue weighted by Gasteiger charge is 2.16. The minimum Gasteiger partial charge on any atom is -0.383 e. The number of nitrogens with zero attached hydrogens (tertiary/aromatic N) is 3. The molecule has 0 aromatic carbocycles. The number of nitrogens with two attached hydrogens (primary N) is 2. The number of carbonyl (C=O) groups is 1. The Morgan fingerprint density at radius 2 is 2.19 bits per heavy atom. The van der Waals surface area contributed by atoms with Gasteiger partial charge in [-0.2, -0.15) is 4.98 Å². The monoisotopic (exact) mass is 287 g/mol. The molecule has 0 aliphatic rings. The highest BCUT2D eigenvalue weighted by atomic mass is 79.9. The minimum absolute atomic E-state index is 0.0567. The van der Waals surface area contributed by atoms with E-state index in [9.17, 15) is 4.79 Å². The topological polar surface area (TPSA) is 98.1 Å². The third-order valence-electron chi connectivity index (χ3n) is 1.91. The summed E-state index contributed by atoms with van der Waals surface area (Å²) >= 11 is 3.22. The fourth-order valence-corrected chi connectivity index (χ4v) is 1.60. The normalized spacial score (nSPS) is 10.5. The van der Waals surface area contributed by atoms with Crippen molar-refractivity contribution in [3.8, 4) is 0 Å². The number of nitrogen functional groups attached to an aromatic ring is 1. The maximum atomic E-state index is 10.9. The quantitative estimate of drug-likeness (QED) is 0.787. The van der Waals surface area contributed by atoms with Crippen LogP contribution in [0, 0.1) is 0 Å². The van der Waals surface area contributed by atoms with Gasteiger partial charge in [-0.1, -0.05) is 0 Å². The van der Waals surface area contributed by atoms with Gasteiger partial charge in [0.15, 0.2) is 0 Å². The van der Waals surface area contributed by atoms with Gasteiger partial charge in [0.2, 0.25) is 11.9 Å². The third kappa shape index (κ3) is 3.34. The van der Waals surface area contributed by atoms with E-state index in [0.717, 1.165) is 0 Å². The number of amides is 1. The highest BCUT2D eigenvalue weighted by Crippen LogP contribution is 2.17. The average molecular weight is 288 g/mol. The molecule has 1 aromatic heterocycles. The molecule has 6 nitrogen and oxygen atoms in total. The van der Waals surface area contributed by atoms with Gasteiger partial charge in [-0.3, -0.25) is 4.79 Å². The Labute approximate surface area is 102 Å². The standard InChI is InChI=1S/C9H14BrN5O/c1-5(2)15(4-8(12)16)9-13-6(10)3-7(11)14-9/h3,5H,4H2,1-2H3,(H2,12,16)(H2,11,13,14). The maximum absolute atomic E-state index is 10.9. The van der Waals surface area contributed by atoms with Crippen LogP contribution < -0.4 is 16.4 Å². The molecule has 0 radical (unpaired) electrons. The lowest BCUT2D eigenvalue weighted by Crippen LogP contribution is -2.39. The number of halogens is 1. The molecule has 0 saturated heterocycles. The Morgan fingerprint density at radius 3 is 2.62 bits per heavy atom. The van der Waals surface area contributed by atoms with E-state index in [1.807, 2.05) is 13.8 Å². The molecule has 7 heteroatoms. The van der Waals surface area contributed by atoms with Crippen LogP contribution in [-0.2, 0) is 4.79 Å². The summed E-state index contributed by atoms with van der Waals surface area (Å²) in [5.41, 5.74) is 10.8. The molecule has 0 atom stereocenters. The number of carbonyl (C=O) groups excluding carboxylic acids is 1. The van der Waals surface area contributed by atoms with Crippen molar-refractivity contribution in [3.05, 3.63) is 10.7 Å². The fourth-order valence-electron chi connectivity index (χ4n) is 1.20. The van der Waals surface area contributed by atoms with E-state index in [1.54, 1.807) is 11.0 Å². The lowest BCUT2D eigenvalue weighted by atomic mass is 10.3. The molecule has 0 saturated carbocycles. The van der Waals surface area contributed by atoms with Crippen LogP contribution in [0.5, 0.6) is 0 Å². The molecule has 1 heterocycles. The molecule has 1 amide bonds. The molecule has 0 unspecified atom stereocenters. The first kappa shape index (κ1) is 12.7.